The Bertz CT molecular complexity index is 294. The van der Waals surface area contributed by atoms with Crippen molar-refractivity contribution in [2.24, 2.45) is 11.8 Å². The highest BCUT2D eigenvalue weighted by Crippen LogP contribution is 2.36. The Hall–Kier alpha value is -0.340. The van der Waals surface area contributed by atoms with Gasteiger partial charge in [-0.1, -0.05) is 35.0 Å². The molecule has 0 radical (unpaired) electrons. The molecule has 2 atom stereocenters. The molecule has 2 rings (SSSR count). The molecule has 1 saturated carbocycles. The minimum atomic E-state index is 0.936. The van der Waals surface area contributed by atoms with Crippen LogP contribution in [0.15, 0.2) is 28.7 Å². The van der Waals surface area contributed by atoms with Crippen LogP contribution in [0.2, 0.25) is 0 Å². The van der Waals surface area contributed by atoms with Gasteiger partial charge in [-0.2, -0.15) is 0 Å². The third kappa shape index (κ3) is 2.82. The second-order valence-electron chi connectivity index (χ2n) is 4.23. The molecule has 0 heterocycles. The second-order valence-corrected chi connectivity index (χ2v) is 5.15. The van der Waals surface area contributed by atoms with E-state index < -0.39 is 0 Å². The molecule has 1 fully saturated rings. The average Bonchev–Trinajstić information content (AvgIpc) is 2.86. The van der Waals surface area contributed by atoms with Crippen molar-refractivity contribution in [3.63, 3.8) is 0 Å². The first-order valence-electron chi connectivity index (χ1n) is 5.21. The van der Waals surface area contributed by atoms with Gasteiger partial charge in [0, 0.05) is 11.0 Å². The Kier molecular flexibility index (Phi) is 3.24. The van der Waals surface area contributed by atoms with E-state index in [9.17, 15) is 0 Å². The van der Waals surface area contributed by atoms with Crippen molar-refractivity contribution in [3.8, 4) is 0 Å². The lowest BCUT2D eigenvalue weighted by Gasteiger charge is -2.03. The van der Waals surface area contributed by atoms with E-state index in [4.69, 9.17) is 0 Å². The fraction of sp³-hybridized carbons (Fsp3) is 0.500. The van der Waals surface area contributed by atoms with E-state index in [1.54, 1.807) is 0 Å². The van der Waals surface area contributed by atoms with Crippen molar-refractivity contribution >= 4 is 15.9 Å². The van der Waals surface area contributed by atoms with Crippen LogP contribution in [0, 0.1) is 11.8 Å². The number of benzene rings is 1. The number of hydrogen-bond acceptors (Lipinski definition) is 1. The molecule has 1 aliphatic rings. The Morgan fingerprint density at radius 1 is 1.36 bits per heavy atom. The van der Waals surface area contributed by atoms with Gasteiger partial charge in [-0.25, -0.2) is 0 Å². The van der Waals surface area contributed by atoms with Gasteiger partial charge in [-0.05, 0) is 42.5 Å². The third-order valence-electron chi connectivity index (χ3n) is 2.93. The predicted octanol–water partition coefficient (Wildman–Crippen LogP) is 3.19. The summed E-state index contributed by atoms with van der Waals surface area (Å²) in [6.45, 7) is 4.50. The Balaban J connectivity index is 1.72. The number of halogens is 1. The van der Waals surface area contributed by atoms with Crippen molar-refractivity contribution in [3.05, 3.63) is 34.3 Å². The molecule has 0 saturated heterocycles. The molecule has 1 nitrogen and oxygen atoms in total. The van der Waals surface area contributed by atoms with Crippen LogP contribution >= 0.6 is 15.9 Å². The quantitative estimate of drug-likeness (QED) is 0.870. The van der Waals surface area contributed by atoms with E-state index in [-0.39, 0.29) is 0 Å². The molecule has 0 spiro atoms. The molecule has 76 valence electrons. The zero-order valence-electron chi connectivity index (χ0n) is 8.46. The highest BCUT2D eigenvalue weighted by atomic mass is 79.9. The third-order valence-corrected chi connectivity index (χ3v) is 3.45. The van der Waals surface area contributed by atoms with E-state index in [0.717, 1.165) is 22.9 Å². The average molecular weight is 254 g/mol. The summed E-state index contributed by atoms with van der Waals surface area (Å²) in [5.74, 6) is 1.89. The summed E-state index contributed by atoms with van der Waals surface area (Å²) in [5.41, 5.74) is 1.36. The van der Waals surface area contributed by atoms with Crippen LogP contribution in [0.4, 0.5) is 0 Å². The van der Waals surface area contributed by atoms with Gasteiger partial charge in [0.25, 0.3) is 0 Å². The first-order valence-corrected chi connectivity index (χ1v) is 6.00. The zero-order valence-corrected chi connectivity index (χ0v) is 10.0. The van der Waals surface area contributed by atoms with Gasteiger partial charge < -0.3 is 5.32 Å². The van der Waals surface area contributed by atoms with Crippen molar-refractivity contribution in [2.45, 2.75) is 19.9 Å². The molecule has 1 aromatic carbocycles. The van der Waals surface area contributed by atoms with Gasteiger partial charge in [0.15, 0.2) is 0 Å². The van der Waals surface area contributed by atoms with E-state index in [2.05, 4.69) is 52.4 Å². The molecular weight excluding hydrogens is 238 g/mol. The normalized spacial score (nSPS) is 25.0. The van der Waals surface area contributed by atoms with Crippen LogP contribution < -0.4 is 5.32 Å². The Labute approximate surface area is 94.0 Å². The van der Waals surface area contributed by atoms with Crippen molar-refractivity contribution in [1.29, 1.82) is 0 Å². The second kappa shape index (κ2) is 4.45. The summed E-state index contributed by atoms with van der Waals surface area (Å²) in [5, 5.41) is 3.50. The summed E-state index contributed by atoms with van der Waals surface area (Å²) in [6, 6.07) is 8.51. The molecule has 1 aliphatic carbocycles. The lowest BCUT2D eigenvalue weighted by molar-refractivity contribution is 0.612. The molecule has 0 aliphatic heterocycles. The van der Waals surface area contributed by atoms with Crippen LogP contribution in [0.5, 0.6) is 0 Å². The molecule has 1 aromatic rings. The van der Waals surface area contributed by atoms with Crippen LogP contribution in [-0.2, 0) is 6.54 Å². The minimum Gasteiger partial charge on any atom is -0.312 e. The van der Waals surface area contributed by atoms with E-state index in [1.807, 2.05) is 0 Å². The van der Waals surface area contributed by atoms with Crippen LogP contribution in [-0.4, -0.2) is 6.54 Å². The van der Waals surface area contributed by atoms with Crippen LogP contribution in [0.1, 0.15) is 18.9 Å². The maximum absolute atomic E-state index is 3.50. The molecule has 2 heteroatoms. The maximum Gasteiger partial charge on any atom is 0.0205 e. The van der Waals surface area contributed by atoms with Gasteiger partial charge >= 0.3 is 0 Å². The Morgan fingerprint density at radius 2 is 2.00 bits per heavy atom. The van der Waals surface area contributed by atoms with Crippen molar-refractivity contribution in [2.75, 3.05) is 6.54 Å². The zero-order chi connectivity index (χ0) is 9.97. The van der Waals surface area contributed by atoms with Crippen LogP contribution in [0.25, 0.3) is 0 Å². The molecule has 14 heavy (non-hydrogen) atoms. The monoisotopic (exact) mass is 253 g/mol. The molecular formula is C12H16BrN. The van der Waals surface area contributed by atoms with Gasteiger partial charge in [-0.15, -0.1) is 0 Å². The highest BCUT2D eigenvalue weighted by Gasteiger charge is 2.31. The van der Waals surface area contributed by atoms with Crippen molar-refractivity contribution < 1.29 is 0 Å². The summed E-state index contributed by atoms with van der Waals surface area (Å²) in [7, 11) is 0. The van der Waals surface area contributed by atoms with E-state index in [0.29, 0.717) is 0 Å². The smallest absolute Gasteiger partial charge is 0.0205 e. The lowest BCUT2D eigenvalue weighted by Crippen LogP contribution is -2.16. The maximum atomic E-state index is 3.50. The SMILES string of the molecule is C[C@H]1C[C@@H]1CNCc1ccc(Br)cc1. The number of nitrogens with one attached hydrogen (secondary N) is 1. The minimum absolute atomic E-state index is 0.936. The standard InChI is InChI=1S/C12H16BrN/c1-9-6-11(9)8-14-7-10-2-4-12(13)5-3-10/h2-5,9,11,14H,6-8H2,1H3/t9-,11+/m0/s1. The fourth-order valence-corrected chi connectivity index (χ4v) is 1.95. The molecule has 0 unspecified atom stereocenters. The summed E-state index contributed by atoms with van der Waals surface area (Å²) in [6.07, 6.45) is 1.41. The molecule has 0 aromatic heterocycles. The lowest BCUT2D eigenvalue weighted by atomic mass is 10.2. The van der Waals surface area contributed by atoms with Gasteiger partial charge in [-0.3, -0.25) is 0 Å². The largest absolute Gasteiger partial charge is 0.312 e. The summed E-state index contributed by atoms with van der Waals surface area (Å²) < 4.78 is 1.15. The van der Waals surface area contributed by atoms with Gasteiger partial charge in [0.05, 0.1) is 0 Å². The molecule has 1 N–H and O–H groups in total. The predicted molar refractivity (Wildman–Crippen MR) is 63.1 cm³/mol. The van der Waals surface area contributed by atoms with Gasteiger partial charge in [0.2, 0.25) is 0 Å². The first-order chi connectivity index (χ1) is 6.75. The van der Waals surface area contributed by atoms with Crippen LogP contribution in [0.3, 0.4) is 0 Å². The Morgan fingerprint density at radius 3 is 2.57 bits per heavy atom. The molecule has 0 bridgehead atoms. The summed E-state index contributed by atoms with van der Waals surface area (Å²) >= 11 is 3.43. The fourth-order valence-electron chi connectivity index (χ4n) is 1.69. The van der Waals surface area contributed by atoms with E-state index in [1.165, 1.54) is 18.5 Å². The van der Waals surface area contributed by atoms with Crippen molar-refractivity contribution in [1.82, 2.24) is 5.32 Å². The van der Waals surface area contributed by atoms with E-state index >= 15 is 0 Å². The molecule has 0 amide bonds. The van der Waals surface area contributed by atoms with Gasteiger partial charge in [0.1, 0.15) is 0 Å². The topological polar surface area (TPSA) is 12.0 Å². The summed E-state index contributed by atoms with van der Waals surface area (Å²) in [4.78, 5) is 0. The highest BCUT2D eigenvalue weighted by molar-refractivity contribution is 9.10. The first kappa shape index (κ1) is 10.2. The number of rotatable bonds is 4. The number of hydrogen-bond donors (Lipinski definition) is 1.